The van der Waals surface area contributed by atoms with Crippen LogP contribution in [0.15, 0.2) is 0 Å². The third kappa shape index (κ3) is 5.63. The second-order valence-corrected chi connectivity index (χ2v) is 8.32. The molecule has 2 aliphatic carbocycles. The molecule has 2 atom stereocenters. The summed E-state index contributed by atoms with van der Waals surface area (Å²) in [6.45, 7) is 0. The van der Waals surface area contributed by atoms with E-state index in [0.717, 1.165) is 23.7 Å². The Kier molecular flexibility index (Phi) is 7.69. The van der Waals surface area contributed by atoms with Gasteiger partial charge in [0.05, 0.1) is 0 Å². The van der Waals surface area contributed by atoms with Gasteiger partial charge in [-0.2, -0.15) is 0 Å². The number of rotatable bonds is 6. The van der Waals surface area contributed by atoms with E-state index < -0.39 is 0 Å². The molecule has 0 heterocycles. The van der Waals surface area contributed by atoms with Crippen molar-refractivity contribution in [2.75, 3.05) is 12.3 Å². The van der Waals surface area contributed by atoms with E-state index in [-0.39, 0.29) is 0 Å². The average Bonchev–Trinajstić information content (AvgIpc) is 2.44. The van der Waals surface area contributed by atoms with Crippen molar-refractivity contribution in [1.29, 1.82) is 0 Å². The molecule has 19 heavy (non-hydrogen) atoms. The topological polar surface area (TPSA) is 0 Å². The number of hydrogen-bond acceptors (Lipinski definition) is 0. The average molecular weight is 300 g/mol. The summed E-state index contributed by atoms with van der Waals surface area (Å²) in [7, 11) is 5.80. The summed E-state index contributed by atoms with van der Waals surface area (Å²) in [5.74, 6) is 4.30. The predicted octanol–water partition coefficient (Wildman–Crippen LogP) is 5.52. The first kappa shape index (κ1) is 16.2. The summed E-state index contributed by atoms with van der Waals surface area (Å²) in [5.41, 5.74) is 0. The lowest BCUT2D eigenvalue weighted by atomic mass is 9.72. The second kappa shape index (κ2) is 9.00. The minimum atomic E-state index is 1.06. The third-order valence-electron chi connectivity index (χ3n) is 5.75. The molecule has 0 spiro atoms. The lowest BCUT2D eigenvalue weighted by Crippen LogP contribution is -2.21. The molecule has 0 bridgehead atoms. The van der Waals surface area contributed by atoms with Gasteiger partial charge in [0, 0.05) is 0 Å². The van der Waals surface area contributed by atoms with Crippen molar-refractivity contribution in [2.45, 2.75) is 70.6 Å². The Hall–Kier alpha value is 0.860. The SMILES string of the molecule is PCCC1CCC(CC2CCC(CCP)CC2)CC1. The fourth-order valence-corrected chi connectivity index (χ4v) is 5.40. The van der Waals surface area contributed by atoms with Crippen molar-refractivity contribution in [3.05, 3.63) is 0 Å². The minimum absolute atomic E-state index is 1.06. The summed E-state index contributed by atoms with van der Waals surface area (Å²) < 4.78 is 0. The van der Waals surface area contributed by atoms with Gasteiger partial charge in [0.25, 0.3) is 0 Å². The second-order valence-electron chi connectivity index (χ2n) is 7.16. The van der Waals surface area contributed by atoms with Gasteiger partial charge in [-0.15, -0.1) is 18.5 Å². The molecule has 2 heteroatoms. The molecule has 2 unspecified atom stereocenters. The van der Waals surface area contributed by atoms with Crippen LogP contribution in [0.25, 0.3) is 0 Å². The maximum Gasteiger partial charge on any atom is -0.0378 e. The van der Waals surface area contributed by atoms with Gasteiger partial charge in [0.1, 0.15) is 0 Å². The fourth-order valence-electron chi connectivity index (χ4n) is 4.45. The predicted molar refractivity (Wildman–Crippen MR) is 93.9 cm³/mol. The third-order valence-corrected chi connectivity index (χ3v) is 6.42. The molecule has 2 saturated carbocycles. The first-order chi connectivity index (χ1) is 9.31. The van der Waals surface area contributed by atoms with Crippen LogP contribution < -0.4 is 0 Å². The normalized spacial score (nSPS) is 36.3. The molecule has 0 aromatic carbocycles. The van der Waals surface area contributed by atoms with Gasteiger partial charge in [0.2, 0.25) is 0 Å². The van der Waals surface area contributed by atoms with Crippen LogP contribution in [-0.4, -0.2) is 12.3 Å². The van der Waals surface area contributed by atoms with Gasteiger partial charge in [-0.05, 0) is 55.3 Å². The monoisotopic (exact) mass is 300 g/mol. The van der Waals surface area contributed by atoms with Gasteiger partial charge >= 0.3 is 0 Å². The number of hydrogen-bond donors (Lipinski definition) is 0. The molecular formula is C17H34P2. The Labute approximate surface area is 125 Å². The molecule has 0 N–H and O–H groups in total. The molecule has 0 radical (unpaired) electrons. The van der Waals surface area contributed by atoms with Crippen LogP contribution in [0.5, 0.6) is 0 Å². The molecular weight excluding hydrogens is 266 g/mol. The highest BCUT2D eigenvalue weighted by Gasteiger charge is 2.26. The van der Waals surface area contributed by atoms with Gasteiger partial charge in [-0.1, -0.05) is 51.4 Å². The highest BCUT2D eigenvalue weighted by atomic mass is 31.0. The van der Waals surface area contributed by atoms with E-state index in [9.17, 15) is 0 Å². The molecule has 0 aliphatic heterocycles. The van der Waals surface area contributed by atoms with Gasteiger partial charge < -0.3 is 0 Å². The van der Waals surface area contributed by atoms with Crippen LogP contribution in [-0.2, 0) is 0 Å². The lowest BCUT2D eigenvalue weighted by molar-refractivity contribution is 0.189. The lowest BCUT2D eigenvalue weighted by Gasteiger charge is -2.34. The van der Waals surface area contributed by atoms with E-state index in [0.29, 0.717) is 0 Å². The van der Waals surface area contributed by atoms with E-state index >= 15 is 0 Å². The van der Waals surface area contributed by atoms with Gasteiger partial charge in [0.15, 0.2) is 0 Å². The highest BCUT2D eigenvalue weighted by Crippen LogP contribution is 2.39. The summed E-state index contributed by atoms with van der Waals surface area (Å²) in [6, 6.07) is 0. The Morgan fingerprint density at radius 2 is 0.842 bits per heavy atom. The van der Waals surface area contributed by atoms with Crippen LogP contribution in [0.4, 0.5) is 0 Å². The van der Waals surface area contributed by atoms with E-state index in [2.05, 4.69) is 18.5 Å². The van der Waals surface area contributed by atoms with Crippen molar-refractivity contribution in [2.24, 2.45) is 23.7 Å². The van der Waals surface area contributed by atoms with Crippen LogP contribution in [0.3, 0.4) is 0 Å². The maximum absolute atomic E-state index is 2.90. The first-order valence-electron chi connectivity index (χ1n) is 8.72. The molecule has 0 saturated heterocycles. The van der Waals surface area contributed by atoms with Crippen molar-refractivity contribution in [3.8, 4) is 0 Å². The quantitative estimate of drug-likeness (QED) is 0.567. The molecule has 2 rings (SSSR count). The molecule has 0 amide bonds. The van der Waals surface area contributed by atoms with Crippen LogP contribution >= 0.6 is 18.5 Å². The van der Waals surface area contributed by atoms with E-state index in [1.807, 2.05) is 0 Å². The zero-order valence-corrected chi connectivity index (χ0v) is 15.0. The summed E-state index contributed by atoms with van der Waals surface area (Å²) in [5, 5.41) is 0. The van der Waals surface area contributed by atoms with E-state index in [4.69, 9.17) is 0 Å². The van der Waals surface area contributed by atoms with Crippen LogP contribution in [0.1, 0.15) is 70.6 Å². The molecule has 0 aromatic heterocycles. The maximum atomic E-state index is 2.90. The zero-order chi connectivity index (χ0) is 13.5. The Morgan fingerprint density at radius 3 is 1.16 bits per heavy atom. The van der Waals surface area contributed by atoms with Crippen molar-refractivity contribution >= 4 is 18.5 Å². The fraction of sp³-hybridized carbons (Fsp3) is 1.00. The summed E-state index contributed by atoms with van der Waals surface area (Å²) in [4.78, 5) is 0. The summed E-state index contributed by atoms with van der Waals surface area (Å²) >= 11 is 0. The largest absolute Gasteiger partial charge is 0.138 e. The Bertz CT molecular complexity index is 201. The van der Waals surface area contributed by atoms with Crippen LogP contribution in [0, 0.1) is 23.7 Å². The van der Waals surface area contributed by atoms with E-state index in [1.165, 1.54) is 50.8 Å². The highest BCUT2D eigenvalue weighted by molar-refractivity contribution is 7.16. The van der Waals surface area contributed by atoms with Gasteiger partial charge in [-0.25, -0.2) is 0 Å². The summed E-state index contributed by atoms with van der Waals surface area (Å²) in [6.07, 6.45) is 19.4. The molecule has 0 nitrogen and oxygen atoms in total. The smallest absolute Gasteiger partial charge is 0.0378 e. The zero-order valence-electron chi connectivity index (χ0n) is 12.7. The molecule has 2 fully saturated rings. The van der Waals surface area contributed by atoms with Crippen molar-refractivity contribution < 1.29 is 0 Å². The first-order valence-corrected chi connectivity index (χ1v) is 10.3. The van der Waals surface area contributed by atoms with Crippen molar-refractivity contribution in [1.82, 2.24) is 0 Å². The van der Waals surface area contributed by atoms with Crippen LogP contribution in [0.2, 0.25) is 0 Å². The Balaban J connectivity index is 1.61. The molecule has 0 aromatic rings. The minimum Gasteiger partial charge on any atom is -0.138 e. The van der Waals surface area contributed by atoms with Crippen molar-refractivity contribution in [3.63, 3.8) is 0 Å². The van der Waals surface area contributed by atoms with E-state index in [1.54, 1.807) is 32.1 Å². The molecule has 112 valence electrons. The standard InChI is InChI=1S/C17H34P2/c18-11-9-14-1-5-16(6-2-14)13-17-7-3-15(4-8-17)10-12-19/h14-17H,1-13,18-19H2. The van der Waals surface area contributed by atoms with Gasteiger partial charge in [-0.3, -0.25) is 0 Å². The Morgan fingerprint density at radius 1 is 0.526 bits per heavy atom. The molecule has 2 aliphatic rings.